The van der Waals surface area contributed by atoms with E-state index in [1.807, 2.05) is 48.7 Å². The third-order valence-corrected chi connectivity index (χ3v) is 5.34. The molecule has 0 radical (unpaired) electrons. The molecule has 2 heterocycles. The predicted octanol–water partition coefficient (Wildman–Crippen LogP) is 3.31. The van der Waals surface area contributed by atoms with E-state index in [2.05, 4.69) is 0 Å². The minimum atomic E-state index is -0.600. The van der Waals surface area contributed by atoms with Gasteiger partial charge in [-0.25, -0.2) is 0 Å². The van der Waals surface area contributed by atoms with Crippen molar-refractivity contribution >= 4 is 11.7 Å². The zero-order chi connectivity index (χ0) is 22.0. The molecule has 2 aromatic carbocycles. The Balaban J connectivity index is 1.46. The number of nitrogens with zero attached hydrogens (tertiary/aromatic N) is 1. The predicted molar refractivity (Wildman–Crippen MR) is 115 cm³/mol. The number of hydrogen-bond donors (Lipinski definition) is 1. The lowest BCUT2D eigenvalue weighted by Gasteiger charge is -2.27. The zero-order valence-electron chi connectivity index (χ0n) is 17.5. The number of rotatable bonds is 7. The van der Waals surface area contributed by atoms with Crippen LogP contribution in [0.2, 0.25) is 0 Å². The first-order chi connectivity index (χ1) is 14.9. The summed E-state index contributed by atoms with van der Waals surface area (Å²) in [6.45, 7) is 4.65. The molecule has 1 aromatic heterocycles. The minimum absolute atomic E-state index is 0.165. The van der Waals surface area contributed by atoms with Gasteiger partial charge in [0, 0.05) is 17.0 Å². The lowest BCUT2D eigenvalue weighted by atomic mass is 10.1. The van der Waals surface area contributed by atoms with E-state index in [1.165, 1.54) is 0 Å². The van der Waals surface area contributed by atoms with Crippen molar-refractivity contribution in [3.8, 4) is 17.2 Å². The van der Waals surface area contributed by atoms with Crippen molar-refractivity contribution in [2.45, 2.75) is 26.5 Å². The molecule has 3 aromatic rings. The highest BCUT2D eigenvalue weighted by Crippen LogP contribution is 2.31. The molecule has 1 amide bonds. The fourth-order valence-electron chi connectivity index (χ4n) is 3.74. The number of ether oxygens (including phenoxy) is 3. The van der Waals surface area contributed by atoms with Gasteiger partial charge in [-0.2, -0.15) is 0 Å². The number of hydrogen-bond acceptors (Lipinski definition) is 5. The number of carbonyl (C=O) groups excluding carboxylic acids is 2. The molecule has 0 spiro atoms. The maximum atomic E-state index is 12.8. The van der Waals surface area contributed by atoms with E-state index in [0.29, 0.717) is 24.5 Å². The van der Waals surface area contributed by atoms with Gasteiger partial charge in [0.05, 0.1) is 12.1 Å². The van der Waals surface area contributed by atoms with Crippen molar-refractivity contribution in [3.63, 3.8) is 0 Å². The second-order valence-corrected chi connectivity index (χ2v) is 7.47. The number of benzene rings is 2. The standard InChI is InChI=1S/C24H24N2O5/c1-15-11-19(20(27)14-30-21-8-4-3-7-18(21)24(25)28)16(2)26(15)12-17-13-29-22-9-5-6-10-23(22)31-17/h3-11,17H,12-14H2,1-2H3,(H2,25,28)/t17-/m0/s1. The number of aryl methyl sites for hydroxylation is 1. The van der Waals surface area contributed by atoms with Crippen molar-refractivity contribution in [2.75, 3.05) is 13.2 Å². The molecule has 7 heteroatoms. The second-order valence-electron chi connectivity index (χ2n) is 7.47. The summed E-state index contributed by atoms with van der Waals surface area (Å²) >= 11 is 0. The number of primary amides is 1. The van der Waals surface area contributed by atoms with E-state index in [9.17, 15) is 9.59 Å². The van der Waals surface area contributed by atoms with Gasteiger partial charge in [-0.15, -0.1) is 0 Å². The lowest BCUT2D eigenvalue weighted by molar-refractivity contribution is 0.0777. The number of amides is 1. The van der Waals surface area contributed by atoms with E-state index in [-0.39, 0.29) is 24.1 Å². The molecule has 1 atom stereocenters. The first kappa shape index (κ1) is 20.5. The molecule has 0 unspecified atom stereocenters. The van der Waals surface area contributed by atoms with Crippen molar-refractivity contribution < 1.29 is 23.8 Å². The molecule has 1 aliphatic heterocycles. The van der Waals surface area contributed by atoms with E-state index in [0.717, 1.165) is 22.9 Å². The summed E-state index contributed by atoms with van der Waals surface area (Å²) in [5.74, 6) is 0.980. The molecule has 4 rings (SSSR count). The number of fused-ring (bicyclic) bond motifs is 1. The monoisotopic (exact) mass is 420 g/mol. The van der Waals surface area contributed by atoms with Crippen LogP contribution in [-0.2, 0) is 6.54 Å². The van der Waals surface area contributed by atoms with Crippen LogP contribution in [0, 0.1) is 13.8 Å². The van der Waals surface area contributed by atoms with E-state index >= 15 is 0 Å². The lowest BCUT2D eigenvalue weighted by Crippen LogP contribution is -2.33. The van der Waals surface area contributed by atoms with Gasteiger partial charge in [0.15, 0.2) is 24.2 Å². The minimum Gasteiger partial charge on any atom is -0.486 e. The van der Waals surface area contributed by atoms with Crippen LogP contribution in [0.5, 0.6) is 17.2 Å². The number of Topliss-reactive ketones (excluding diaryl/α,β-unsaturated/α-hetero) is 1. The Morgan fingerprint density at radius 1 is 1.06 bits per heavy atom. The molecule has 0 bridgehead atoms. The molecule has 2 N–H and O–H groups in total. The zero-order valence-corrected chi connectivity index (χ0v) is 17.5. The molecular formula is C24H24N2O5. The molecule has 160 valence electrons. The Labute approximate surface area is 180 Å². The number of ketones is 1. The Bertz CT molecular complexity index is 1130. The highest BCUT2D eigenvalue weighted by Gasteiger charge is 2.24. The van der Waals surface area contributed by atoms with Crippen LogP contribution < -0.4 is 19.9 Å². The summed E-state index contributed by atoms with van der Waals surface area (Å²) in [6.07, 6.45) is -0.165. The molecule has 31 heavy (non-hydrogen) atoms. The summed E-state index contributed by atoms with van der Waals surface area (Å²) in [5, 5.41) is 0. The Morgan fingerprint density at radius 3 is 2.55 bits per heavy atom. The normalized spacial score (nSPS) is 14.8. The quantitative estimate of drug-likeness (QED) is 0.592. The van der Waals surface area contributed by atoms with Crippen LogP contribution in [-0.4, -0.2) is 35.6 Å². The van der Waals surface area contributed by atoms with Gasteiger partial charge in [-0.3, -0.25) is 9.59 Å². The maximum Gasteiger partial charge on any atom is 0.252 e. The summed E-state index contributed by atoms with van der Waals surface area (Å²) < 4.78 is 19.5. The first-order valence-electron chi connectivity index (χ1n) is 10.0. The summed E-state index contributed by atoms with van der Waals surface area (Å²) in [5.41, 5.74) is 7.97. The van der Waals surface area contributed by atoms with Gasteiger partial charge < -0.3 is 24.5 Å². The first-order valence-corrected chi connectivity index (χ1v) is 10.0. The molecule has 0 fully saturated rings. The van der Waals surface area contributed by atoms with Gasteiger partial charge in [-0.1, -0.05) is 24.3 Å². The van der Waals surface area contributed by atoms with Gasteiger partial charge in [0.1, 0.15) is 12.4 Å². The largest absolute Gasteiger partial charge is 0.486 e. The fraction of sp³-hybridized carbons (Fsp3) is 0.250. The van der Waals surface area contributed by atoms with Crippen molar-refractivity contribution in [1.82, 2.24) is 4.57 Å². The number of aromatic nitrogens is 1. The molecular weight excluding hydrogens is 396 g/mol. The highest BCUT2D eigenvalue weighted by atomic mass is 16.6. The molecule has 0 saturated heterocycles. The van der Waals surface area contributed by atoms with Crippen LogP contribution in [0.25, 0.3) is 0 Å². The van der Waals surface area contributed by atoms with Gasteiger partial charge >= 0.3 is 0 Å². The van der Waals surface area contributed by atoms with Crippen LogP contribution in [0.1, 0.15) is 32.1 Å². The third kappa shape index (κ3) is 4.26. The average Bonchev–Trinajstić information content (AvgIpc) is 3.06. The summed E-state index contributed by atoms with van der Waals surface area (Å²) in [4.78, 5) is 24.4. The smallest absolute Gasteiger partial charge is 0.252 e. The second kappa shape index (κ2) is 8.55. The van der Waals surface area contributed by atoms with Crippen molar-refractivity contribution in [1.29, 1.82) is 0 Å². The number of carbonyl (C=O) groups is 2. The van der Waals surface area contributed by atoms with Crippen LogP contribution in [0.4, 0.5) is 0 Å². The Hall–Kier alpha value is -3.74. The average molecular weight is 420 g/mol. The summed E-state index contributed by atoms with van der Waals surface area (Å²) in [7, 11) is 0. The van der Waals surface area contributed by atoms with Crippen LogP contribution in [0.3, 0.4) is 0 Å². The van der Waals surface area contributed by atoms with Crippen molar-refractivity contribution in [3.05, 3.63) is 77.1 Å². The molecule has 1 aliphatic rings. The van der Waals surface area contributed by atoms with Gasteiger partial charge in [0.2, 0.25) is 5.78 Å². The summed E-state index contributed by atoms with van der Waals surface area (Å²) in [6, 6.07) is 16.0. The van der Waals surface area contributed by atoms with Gasteiger partial charge in [0.25, 0.3) is 5.91 Å². The molecule has 0 aliphatic carbocycles. The number of para-hydroxylation sites is 3. The fourth-order valence-corrected chi connectivity index (χ4v) is 3.74. The van der Waals surface area contributed by atoms with Crippen LogP contribution >= 0.6 is 0 Å². The maximum absolute atomic E-state index is 12.8. The van der Waals surface area contributed by atoms with Crippen molar-refractivity contribution in [2.24, 2.45) is 5.73 Å². The van der Waals surface area contributed by atoms with E-state index in [4.69, 9.17) is 19.9 Å². The van der Waals surface area contributed by atoms with Crippen LogP contribution in [0.15, 0.2) is 54.6 Å². The Kier molecular flexibility index (Phi) is 5.66. The molecule has 0 saturated carbocycles. The number of nitrogens with two attached hydrogens (primary N) is 1. The SMILES string of the molecule is Cc1cc(C(=O)COc2ccccc2C(N)=O)c(C)n1C[C@H]1COc2ccccc2O1. The van der Waals surface area contributed by atoms with E-state index < -0.39 is 5.91 Å². The van der Waals surface area contributed by atoms with Gasteiger partial charge in [-0.05, 0) is 44.2 Å². The highest BCUT2D eigenvalue weighted by molar-refractivity contribution is 5.99. The topological polar surface area (TPSA) is 92.8 Å². The third-order valence-electron chi connectivity index (χ3n) is 5.34. The Morgan fingerprint density at radius 2 is 1.77 bits per heavy atom. The van der Waals surface area contributed by atoms with E-state index in [1.54, 1.807) is 24.3 Å². The molecule has 7 nitrogen and oxygen atoms in total.